The van der Waals surface area contributed by atoms with Crippen molar-refractivity contribution in [2.24, 2.45) is 10.2 Å². The Morgan fingerprint density at radius 1 is 1.15 bits per heavy atom. The third-order valence-electron chi connectivity index (χ3n) is 1.83. The third kappa shape index (κ3) is 1.69. The summed E-state index contributed by atoms with van der Waals surface area (Å²) in [5, 5.41) is 7.54. The molecule has 1 aromatic rings. The number of benzene rings is 1. The second kappa shape index (κ2) is 3.31. The highest BCUT2D eigenvalue weighted by Crippen LogP contribution is 2.07. The molecule has 0 atom stereocenters. The molecule has 1 aliphatic heterocycles. The lowest BCUT2D eigenvalue weighted by Crippen LogP contribution is -2.13. The fourth-order valence-electron chi connectivity index (χ4n) is 1.20. The normalized spacial score (nSPS) is 15.7. The molecule has 2 rings (SSSR count). The zero-order chi connectivity index (χ0) is 9.10. The Bertz CT molecular complexity index is 379. The molecule has 0 amide bonds. The zero-order valence-corrected chi connectivity index (χ0v) is 6.97. The van der Waals surface area contributed by atoms with Crippen LogP contribution in [0, 0.1) is 0 Å². The average molecular weight is 172 g/mol. The average Bonchev–Trinajstić information content (AvgIpc) is 2.19. The maximum absolute atomic E-state index is 11.0. The van der Waals surface area contributed by atoms with E-state index in [4.69, 9.17) is 0 Å². The standard InChI is InChI=1S/C10H8N2O/c13-9-6-10(12-11-7-9)8-4-2-1-3-5-8/h1-5,7H,6H2. The molecule has 13 heavy (non-hydrogen) atoms. The second-order valence-corrected chi connectivity index (χ2v) is 2.80. The summed E-state index contributed by atoms with van der Waals surface area (Å²) in [4.78, 5) is 11.0. The molecule has 0 radical (unpaired) electrons. The summed E-state index contributed by atoms with van der Waals surface area (Å²) in [5.41, 5.74) is 1.71. The van der Waals surface area contributed by atoms with Crippen molar-refractivity contribution in [3.63, 3.8) is 0 Å². The predicted molar refractivity (Wildman–Crippen MR) is 51.1 cm³/mol. The number of ketones is 1. The van der Waals surface area contributed by atoms with Crippen LogP contribution in [0.1, 0.15) is 12.0 Å². The fourth-order valence-corrected chi connectivity index (χ4v) is 1.20. The van der Waals surface area contributed by atoms with Gasteiger partial charge in [0.15, 0.2) is 5.78 Å². The Morgan fingerprint density at radius 2 is 1.92 bits per heavy atom. The Kier molecular flexibility index (Phi) is 2.00. The van der Waals surface area contributed by atoms with Gasteiger partial charge >= 0.3 is 0 Å². The van der Waals surface area contributed by atoms with E-state index in [2.05, 4.69) is 10.2 Å². The van der Waals surface area contributed by atoms with Crippen LogP contribution < -0.4 is 0 Å². The highest BCUT2D eigenvalue weighted by Gasteiger charge is 2.11. The number of carbonyl (C=O) groups excluding carboxylic acids is 1. The van der Waals surface area contributed by atoms with E-state index in [0.717, 1.165) is 11.3 Å². The van der Waals surface area contributed by atoms with Crippen LogP contribution >= 0.6 is 0 Å². The van der Waals surface area contributed by atoms with Crippen LogP contribution in [-0.4, -0.2) is 17.7 Å². The quantitative estimate of drug-likeness (QED) is 0.631. The van der Waals surface area contributed by atoms with Crippen molar-refractivity contribution in [3.05, 3.63) is 35.9 Å². The van der Waals surface area contributed by atoms with E-state index in [1.54, 1.807) is 0 Å². The summed E-state index contributed by atoms with van der Waals surface area (Å²) in [7, 11) is 0. The summed E-state index contributed by atoms with van der Waals surface area (Å²) in [6.07, 6.45) is 1.61. The van der Waals surface area contributed by atoms with Crippen molar-refractivity contribution in [3.8, 4) is 0 Å². The first-order valence-corrected chi connectivity index (χ1v) is 4.04. The maximum Gasteiger partial charge on any atom is 0.181 e. The van der Waals surface area contributed by atoms with Crippen LogP contribution in [0.3, 0.4) is 0 Å². The minimum absolute atomic E-state index is 0.00820. The van der Waals surface area contributed by atoms with Crippen LogP contribution in [0.15, 0.2) is 40.5 Å². The highest BCUT2D eigenvalue weighted by atomic mass is 16.1. The van der Waals surface area contributed by atoms with Gasteiger partial charge in [0.25, 0.3) is 0 Å². The lowest BCUT2D eigenvalue weighted by molar-refractivity contribution is -0.111. The molecule has 0 saturated carbocycles. The number of nitrogens with zero attached hydrogens (tertiary/aromatic N) is 2. The summed E-state index contributed by atoms with van der Waals surface area (Å²) >= 11 is 0. The van der Waals surface area contributed by atoms with Gasteiger partial charge in [-0.1, -0.05) is 30.3 Å². The molecular weight excluding hydrogens is 164 g/mol. The van der Waals surface area contributed by atoms with Crippen molar-refractivity contribution in [2.75, 3.05) is 0 Å². The second-order valence-electron chi connectivity index (χ2n) is 2.80. The fraction of sp³-hybridized carbons (Fsp3) is 0.100. The molecule has 0 aliphatic carbocycles. The minimum atomic E-state index is 0.00820. The summed E-state index contributed by atoms with van der Waals surface area (Å²) in [6, 6.07) is 9.61. The Hall–Kier alpha value is -1.77. The first-order valence-electron chi connectivity index (χ1n) is 4.04. The largest absolute Gasteiger partial charge is 0.293 e. The Morgan fingerprint density at radius 3 is 2.62 bits per heavy atom. The van der Waals surface area contributed by atoms with Gasteiger partial charge in [-0.3, -0.25) is 4.79 Å². The van der Waals surface area contributed by atoms with Gasteiger partial charge in [0.2, 0.25) is 0 Å². The van der Waals surface area contributed by atoms with Gasteiger partial charge in [-0.05, 0) is 5.56 Å². The Labute approximate surface area is 75.8 Å². The molecule has 0 aromatic heterocycles. The molecule has 0 saturated heterocycles. The van der Waals surface area contributed by atoms with Crippen molar-refractivity contribution < 1.29 is 4.79 Å². The molecule has 0 unspecified atom stereocenters. The number of carbonyl (C=O) groups is 1. The van der Waals surface area contributed by atoms with E-state index in [-0.39, 0.29) is 5.78 Å². The third-order valence-corrected chi connectivity index (χ3v) is 1.83. The van der Waals surface area contributed by atoms with Gasteiger partial charge in [0, 0.05) is 0 Å². The molecule has 0 bridgehead atoms. The number of hydrogen-bond acceptors (Lipinski definition) is 3. The van der Waals surface area contributed by atoms with Crippen LogP contribution in [0.2, 0.25) is 0 Å². The van der Waals surface area contributed by atoms with Crippen LogP contribution in [0.25, 0.3) is 0 Å². The van der Waals surface area contributed by atoms with E-state index < -0.39 is 0 Å². The zero-order valence-electron chi connectivity index (χ0n) is 6.97. The molecule has 0 N–H and O–H groups in total. The molecule has 0 fully saturated rings. The van der Waals surface area contributed by atoms with Crippen molar-refractivity contribution >= 4 is 17.7 Å². The number of Topliss-reactive ketones (excluding diaryl/α,β-unsaturated/α-hetero) is 1. The van der Waals surface area contributed by atoms with E-state index >= 15 is 0 Å². The van der Waals surface area contributed by atoms with E-state index in [1.165, 1.54) is 6.21 Å². The smallest absolute Gasteiger partial charge is 0.181 e. The van der Waals surface area contributed by atoms with Gasteiger partial charge in [-0.2, -0.15) is 10.2 Å². The van der Waals surface area contributed by atoms with Gasteiger partial charge in [0.05, 0.1) is 18.3 Å². The predicted octanol–water partition coefficient (Wildman–Crippen LogP) is 1.43. The monoisotopic (exact) mass is 172 g/mol. The van der Waals surface area contributed by atoms with E-state index in [0.29, 0.717) is 6.42 Å². The topological polar surface area (TPSA) is 41.8 Å². The van der Waals surface area contributed by atoms with Crippen molar-refractivity contribution in [2.45, 2.75) is 6.42 Å². The van der Waals surface area contributed by atoms with Gasteiger partial charge in [0.1, 0.15) is 0 Å². The molecule has 1 aliphatic rings. The SMILES string of the molecule is O=C1C=NN=C(c2ccccc2)C1. The summed E-state index contributed by atoms with van der Waals surface area (Å²) in [6.45, 7) is 0. The van der Waals surface area contributed by atoms with Crippen LogP contribution in [0.4, 0.5) is 0 Å². The van der Waals surface area contributed by atoms with Crippen LogP contribution in [-0.2, 0) is 4.79 Å². The summed E-state index contributed by atoms with van der Waals surface area (Å²) in [5.74, 6) is 0.00820. The molecule has 3 nitrogen and oxygen atoms in total. The van der Waals surface area contributed by atoms with Crippen LogP contribution in [0.5, 0.6) is 0 Å². The lowest BCUT2D eigenvalue weighted by Gasteiger charge is -2.04. The molecule has 64 valence electrons. The molecule has 0 spiro atoms. The lowest BCUT2D eigenvalue weighted by atomic mass is 10.1. The van der Waals surface area contributed by atoms with E-state index in [1.807, 2.05) is 30.3 Å². The number of rotatable bonds is 1. The van der Waals surface area contributed by atoms with E-state index in [9.17, 15) is 4.79 Å². The maximum atomic E-state index is 11.0. The number of hydrogen-bond donors (Lipinski definition) is 0. The minimum Gasteiger partial charge on any atom is -0.293 e. The van der Waals surface area contributed by atoms with Gasteiger partial charge in [-0.15, -0.1) is 0 Å². The molecule has 1 heterocycles. The van der Waals surface area contributed by atoms with Gasteiger partial charge in [-0.25, -0.2) is 0 Å². The van der Waals surface area contributed by atoms with Gasteiger partial charge < -0.3 is 0 Å². The van der Waals surface area contributed by atoms with Crippen molar-refractivity contribution in [1.29, 1.82) is 0 Å². The van der Waals surface area contributed by atoms with Crippen molar-refractivity contribution in [1.82, 2.24) is 0 Å². The molecular formula is C10H8N2O. The first kappa shape index (κ1) is 7.86. The molecule has 3 heteroatoms. The molecule has 1 aromatic carbocycles. The highest BCUT2D eigenvalue weighted by molar-refractivity contribution is 6.35. The summed E-state index contributed by atoms with van der Waals surface area (Å²) < 4.78 is 0. The Balaban J connectivity index is 2.33. The first-order chi connectivity index (χ1) is 6.36.